The van der Waals surface area contributed by atoms with E-state index in [0.29, 0.717) is 24.8 Å². The second-order valence-electron chi connectivity index (χ2n) is 4.08. The second kappa shape index (κ2) is 8.02. The smallest absolute Gasteiger partial charge is 0.345 e. The monoisotopic (exact) mass is 264 g/mol. The number of hydrogen-bond donors (Lipinski definition) is 1. The Morgan fingerprint density at radius 1 is 0.947 bits per heavy atom. The van der Waals surface area contributed by atoms with Gasteiger partial charge < -0.3 is 9.84 Å². The van der Waals surface area contributed by atoms with Gasteiger partial charge >= 0.3 is 17.9 Å². The topological polar surface area (TPSA) is 80.7 Å². The molecule has 0 unspecified atom stereocenters. The van der Waals surface area contributed by atoms with Gasteiger partial charge in [-0.15, -0.1) is 0 Å². The first kappa shape index (κ1) is 14.9. The molecule has 0 aliphatic rings. The van der Waals surface area contributed by atoms with E-state index in [1.807, 2.05) is 0 Å². The molecule has 1 aromatic rings. The fraction of sp³-hybridized carbons (Fsp3) is 0.357. The number of carbonyl (C=O) groups is 3. The number of aliphatic carboxylic acids is 1. The first-order chi connectivity index (χ1) is 9.09. The number of ether oxygens (including phenoxy) is 1. The zero-order valence-corrected chi connectivity index (χ0v) is 10.5. The summed E-state index contributed by atoms with van der Waals surface area (Å²) in [5, 5.41) is 8.43. The number of hydrogen-bond acceptors (Lipinski definition) is 4. The molecule has 0 amide bonds. The van der Waals surface area contributed by atoms with Gasteiger partial charge in [0.15, 0.2) is 0 Å². The average molecular weight is 264 g/mol. The van der Waals surface area contributed by atoms with Crippen LogP contribution in [0.1, 0.15) is 42.5 Å². The Labute approximate surface area is 111 Å². The highest BCUT2D eigenvalue weighted by Crippen LogP contribution is 2.06. The van der Waals surface area contributed by atoms with Crippen LogP contribution in [0.3, 0.4) is 0 Å². The summed E-state index contributed by atoms with van der Waals surface area (Å²) in [7, 11) is 0. The van der Waals surface area contributed by atoms with Gasteiger partial charge in [-0.1, -0.05) is 24.6 Å². The molecular formula is C14H16O5. The number of carboxylic acids is 1. The highest BCUT2D eigenvalue weighted by molar-refractivity contribution is 5.96. The van der Waals surface area contributed by atoms with Crippen LogP contribution >= 0.6 is 0 Å². The third kappa shape index (κ3) is 6.35. The first-order valence-electron chi connectivity index (χ1n) is 6.11. The van der Waals surface area contributed by atoms with E-state index in [4.69, 9.17) is 5.11 Å². The van der Waals surface area contributed by atoms with E-state index in [-0.39, 0.29) is 12.8 Å². The molecule has 0 bridgehead atoms. The van der Waals surface area contributed by atoms with Crippen molar-refractivity contribution in [3.05, 3.63) is 35.9 Å². The summed E-state index contributed by atoms with van der Waals surface area (Å²) in [5.41, 5.74) is 0.335. The van der Waals surface area contributed by atoms with Crippen LogP contribution in [0, 0.1) is 0 Å². The zero-order chi connectivity index (χ0) is 14.1. The fourth-order valence-corrected chi connectivity index (χ4v) is 1.51. The standard InChI is InChI=1S/C14H16O5/c15-12(16)9-5-2-6-10-13(17)19-14(18)11-7-3-1-4-8-11/h1,3-4,7-8H,2,5-6,9-10H2,(H,15,16). The van der Waals surface area contributed by atoms with Crippen molar-refractivity contribution in [1.82, 2.24) is 0 Å². The highest BCUT2D eigenvalue weighted by atomic mass is 16.6. The van der Waals surface area contributed by atoms with Crippen LogP contribution in [0.2, 0.25) is 0 Å². The summed E-state index contributed by atoms with van der Waals surface area (Å²) >= 11 is 0. The van der Waals surface area contributed by atoms with Crippen molar-refractivity contribution < 1.29 is 24.2 Å². The van der Waals surface area contributed by atoms with Crippen molar-refractivity contribution in [3.8, 4) is 0 Å². The zero-order valence-electron chi connectivity index (χ0n) is 10.5. The molecule has 0 atom stereocenters. The van der Waals surface area contributed by atoms with E-state index in [1.165, 1.54) is 0 Å². The molecule has 0 heterocycles. The van der Waals surface area contributed by atoms with Gasteiger partial charge in [-0.3, -0.25) is 9.59 Å². The van der Waals surface area contributed by atoms with Crippen LogP contribution in [0.25, 0.3) is 0 Å². The van der Waals surface area contributed by atoms with E-state index in [0.717, 1.165) is 0 Å². The lowest BCUT2D eigenvalue weighted by Gasteiger charge is -2.02. The van der Waals surface area contributed by atoms with Crippen molar-refractivity contribution in [2.24, 2.45) is 0 Å². The molecule has 1 aromatic carbocycles. The maximum atomic E-state index is 11.5. The maximum absolute atomic E-state index is 11.5. The summed E-state index contributed by atoms with van der Waals surface area (Å²) in [6.07, 6.45) is 1.89. The minimum atomic E-state index is -0.846. The third-order valence-electron chi connectivity index (χ3n) is 2.49. The van der Waals surface area contributed by atoms with Gasteiger partial charge in [0.25, 0.3) is 0 Å². The molecule has 0 aliphatic heterocycles. The molecule has 0 aromatic heterocycles. The lowest BCUT2D eigenvalue weighted by Crippen LogP contribution is -2.12. The number of esters is 2. The van der Waals surface area contributed by atoms with Crippen molar-refractivity contribution in [2.45, 2.75) is 32.1 Å². The Morgan fingerprint density at radius 2 is 1.58 bits per heavy atom. The lowest BCUT2D eigenvalue weighted by molar-refractivity contribution is -0.138. The molecule has 0 saturated heterocycles. The molecule has 1 N–H and O–H groups in total. The quantitative estimate of drug-likeness (QED) is 0.464. The SMILES string of the molecule is O=C(O)CCCCCC(=O)OC(=O)c1ccccc1. The first-order valence-corrected chi connectivity index (χ1v) is 6.11. The Hall–Kier alpha value is -2.17. The molecule has 1 rings (SSSR count). The van der Waals surface area contributed by atoms with E-state index < -0.39 is 17.9 Å². The number of carbonyl (C=O) groups excluding carboxylic acids is 2. The molecule has 0 aliphatic carbocycles. The normalized spacial score (nSPS) is 9.89. The van der Waals surface area contributed by atoms with Gasteiger partial charge in [-0.25, -0.2) is 4.79 Å². The molecule has 0 radical (unpaired) electrons. The molecule has 19 heavy (non-hydrogen) atoms. The predicted molar refractivity (Wildman–Crippen MR) is 67.6 cm³/mol. The Balaban J connectivity index is 2.21. The maximum Gasteiger partial charge on any atom is 0.345 e. The van der Waals surface area contributed by atoms with Crippen molar-refractivity contribution in [2.75, 3.05) is 0 Å². The number of carboxylic acid groups (broad SMARTS) is 1. The third-order valence-corrected chi connectivity index (χ3v) is 2.49. The van der Waals surface area contributed by atoms with E-state index in [9.17, 15) is 14.4 Å². The van der Waals surface area contributed by atoms with Crippen LogP contribution in [0.4, 0.5) is 0 Å². The largest absolute Gasteiger partial charge is 0.481 e. The lowest BCUT2D eigenvalue weighted by atomic mass is 10.1. The minimum absolute atomic E-state index is 0.0952. The Bertz CT molecular complexity index is 438. The summed E-state index contributed by atoms with van der Waals surface area (Å²) in [6, 6.07) is 8.28. The number of benzene rings is 1. The molecule has 5 nitrogen and oxygen atoms in total. The predicted octanol–water partition coefficient (Wildman–Crippen LogP) is 2.41. The van der Waals surface area contributed by atoms with E-state index in [2.05, 4.69) is 4.74 Å². The van der Waals surface area contributed by atoms with Crippen molar-refractivity contribution >= 4 is 17.9 Å². The molecule has 102 valence electrons. The van der Waals surface area contributed by atoms with Gasteiger partial charge in [0.1, 0.15) is 0 Å². The van der Waals surface area contributed by atoms with Crippen LogP contribution < -0.4 is 0 Å². The van der Waals surface area contributed by atoms with Crippen LogP contribution in [-0.2, 0) is 14.3 Å². The molecular weight excluding hydrogens is 248 g/mol. The Kier molecular flexibility index (Phi) is 6.29. The van der Waals surface area contributed by atoms with Crippen LogP contribution in [0.5, 0.6) is 0 Å². The van der Waals surface area contributed by atoms with Crippen LogP contribution in [0.15, 0.2) is 30.3 Å². The summed E-state index contributed by atoms with van der Waals surface area (Å²) in [4.78, 5) is 33.1. The van der Waals surface area contributed by atoms with Crippen molar-refractivity contribution in [3.63, 3.8) is 0 Å². The Morgan fingerprint density at radius 3 is 2.21 bits per heavy atom. The van der Waals surface area contributed by atoms with Gasteiger partial charge in [-0.2, -0.15) is 0 Å². The average Bonchev–Trinajstić information content (AvgIpc) is 2.39. The summed E-state index contributed by atoms with van der Waals surface area (Å²) in [6.45, 7) is 0. The molecule has 5 heteroatoms. The van der Waals surface area contributed by atoms with Gasteiger partial charge in [0.2, 0.25) is 0 Å². The molecule has 0 spiro atoms. The summed E-state index contributed by atoms with van der Waals surface area (Å²) in [5.74, 6) is -2.08. The molecule has 0 saturated carbocycles. The van der Waals surface area contributed by atoms with E-state index >= 15 is 0 Å². The highest BCUT2D eigenvalue weighted by Gasteiger charge is 2.11. The van der Waals surface area contributed by atoms with Gasteiger partial charge in [0.05, 0.1) is 5.56 Å². The molecule has 0 fully saturated rings. The van der Waals surface area contributed by atoms with Gasteiger partial charge in [-0.05, 0) is 25.0 Å². The fourth-order valence-electron chi connectivity index (χ4n) is 1.51. The van der Waals surface area contributed by atoms with Crippen LogP contribution in [-0.4, -0.2) is 23.0 Å². The van der Waals surface area contributed by atoms with Crippen molar-refractivity contribution in [1.29, 1.82) is 0 Å². The number of unbranched alkanes of at least 4 members (excludes halogenated alkanes) is 2. The number of rotatable bonds is 7. The van der Waals surface area contributed by atoms with E-state index in [1.54, 1.807) is 30.3 Å². The second-order valence-corrected chi connectivity index (χ2v) is 4.08. The summed E-state index contributed by atoms with van der Waals surface area (Å²) < 4.78 is 4.67. The minimum Gasteiger partial charge on any atom is -0.481 e. The van der Waals surface area contributed by atoms with Gasteiger partial charge in [0, 0.05) is 12.8 Å².